The first-order chi connectivity index (χ1) is 12.7. The topological polar surface area (TPSA) is 66.0 Å². The van der Waals surface area contributed by atoms with Crippen molar-refractivity contribution in [3.63, 3.8) is 0 Å². The summed E-state index contributed by atoms with van der Waals surface area (Å²) in [5.74, 6) is 0.613. The van der Waals surface area contributed by atoms with Crippen LogP contribution in [0, 0.1) is 0 Å². The molecule has 0 fully saturated rings. The summed E-state index contributed by atoms with van der Waals surface area (Å²) in [4.78, 5) is 8.83. The van der Waals surface area contributed by atoms with Gasteiger partial charge >= 0.3 is 0 Å². The van der Waals surface area contributed by atoms with Gasteiger partial charge in [-0.25, -0.2) is 9.97 Å². The molecule has 0 spiro atoms. The number of methoxy groups -OCH3 is 1. The molecule has 1 atom stereocenters. The second kappa shape index (κ2) is 6.61. The number of pyridine rings is 1. The third-order valence-electron chi connectivity index (χ3n) is 4.50. The van der Waals surface area contributed by atoms with Crippen LogP contribution < -0.4 is 10.5 Å². The van der Waals surface area contributed by atoms with E-state index in [0.717, 1.165) is 33.4 Å². The van der Waals surface area contributed by atoms with E-state index in [-0.39, 0.29) is 6.04 Å². The summed E-state index contributed by atoms with van der Waals surface area (Å²) in [6.45, 7) is 1.98. The SMILES string of the molecule is COc1ncccc1-c1cccc(-n2cnc3cc([C@H](C)N)ccc32)c1. The molecule has 0 bridgehead atoms. The summed E-state index contributed by atoms with van der Waals surface area (Å²) >= 11 is 0. The van der Waals surface area contributed by atoms with Gasteiger partial charge in [0.05, 0.1) is 18.1 Å². The number of rotatable bonds is 4. The second-order valence-electron chi connectivity index (χ2n) is 6.26. The van der Waals surface area contributed by atoms with Crippen molar-refractivity contribution in [1.82, 2.24) is 14.5 Å². The third kappa shape index (κ3) is 2.82. The lowest BCUT2D eigenvalue weighted by Gasteiger charge is -2.10. The highest BCUT2D eigenvalue weighted by atomic mass is 16.5. The van der Waals surface area contributed by atoms with Gasteiger partial charge < -0.3 is 10.5 Å². The molecular weight excluding hydrogens is 324 g/mol. The van der Waals surface area contributed by atoms with Crippen LogP contribution in [0.1, 0.15) is 18.5 Å². The second-order valence-corrected chi connectivity index (χ2v) is 6.26. The van der Waals surface area contributed by atoms with Gasteiger partial charge in [-0.3, -0.25) is 4.57 Å². The van der Waals surface area contributed by atoms with Crippen LogP contribution in [0.5, 0.6) is 5.88 Å². The quantitative estimate of drug-likeness (QED) is 0.605. The Kier molecular flexibility index (Phi) is 4.14. The highest BCUT2D eigenvalue weighted by Gasteiger charge is 2.10. The Morgan fingerprint density at radius 2 is 1.92 bits per heavy atom. The van der Waals surface area contributed by atoms with E-state index in [9.17, 15) is 0 Å². The molecule has 130 valence electrons. The molecule has 0 amide bonds. The molecule has 0 unspecified atom stereocenters. The number of imidazole rings is 1. The van der Waals surface area contributed by atoms with Gasteiger partial charge in [0.2, 0.25) is 5.88 Å². The normalized spacial score (nSPS) is 12.3. The van der Waals surface area contributed by atoms with Gasteiger partial charge in [0.15, 0.2) is 0 Å². The van der Waals surface area contributed by atoms with Crippen LogP contribution in [0.2, 0.25) is 0 Å². The number of benzene rings is 2. The number of nitrogens with two attached hydrogens (primary N) is 1. The first kappa shape index (κ1) is 16.3. The van der Waals surface area contributed by atoms with Crippen LogP contribution in [0.3, 0.4) is 0 Å². The number of ether oxygens (including phenoxy) is 1. The van der Waals surface area contributed by atoms with Crippen molar-refractivity contribution in [1.29, 1.82) is 0 Å². The van der Waals surface area contributed by atoms with Crippen molar-refractivity contribution in [3.8, 4) is 22.7 Å². The summed E-state index contributed by atoms with van der Waals surface area (Å²) in [5, 5.41) is 0. The highest BCUT2D eigenvalue weighted by Crippen LogP contribution is 2.30. The van der Waals surface area contributed by atoms with Crippen LogP contribution in [-0.4, -0.2) is 21.6 Å². The van der Waals surface area contributed by atoms with Crippen LogP contribution in [0.15, 0.2) is 67.1 Å². The van der Waals surface area contributed by atoms with Crippen molar-refractivity contribution in [3.05, 3.63) is 72.7 Å². The summed E-state index contributed by atoms with van der Waals surface area (Å²) in [6, 6.07) is 18.3. The Bertz CT molecular complexity index is 1070. The summed E-state index contributed by atoms with van der Waals surface area (Å²) in [7, 11) is 1.63. The molecular formula is C21H20N4O. The van der Waals surface area contributed by atoms with Crippen molar-refractivity contribution < 1.29 is 4.74 Å². The number of nitrogens with zero attached hydrogens (tertiary/aromatic N) is 3. The number of aromatic nitrogens is 3. The minimum atomic E-state index is -0.00840. The van der Waals surface area contributed by atoms with Crippen LogP contribution >= 0.6 is 0 Å². The minimum absolute atomic E-state index is 0.00840. The van der Waals surface area contributed by atoms with Gasteiger partial charge in [-0.15, -0.1) is 0 Å². The van der Waals surface area contributed by atoms with Crippen LogP contribution in [0.4, 0.5) is 0 Å². The van der Waals surface area contributed by atoms with Gasteiger partial charge in [0.25, 0.3) is 0 Å². The van der Waals surface area contributed by atoms with Crippen molar-refractivity contribution in [2.75, 3.05) is 7.11 Å². The molecule has 2 N–H and O–H groups in total. The van der Waals surface area contributed by atoms with Gasteiger partial charge in [-0.05, 0) is 54.4 Å². The molecule has 2 aromatic heterocycles. The molecule has 26 heavy (non-hydrogen) atoms. The summed E-state index contributed by atoms with van der Waals surface area (Å²) in [5.41, 5.74) is 12.1. The van der Waals surface area contributed by atoms with E-state index in [1.165, 1.54) is 0 Å². The van der Waals surface area contributed by atoms with Crippen LogP contribution in [0.25, 0.3) is 27.8 Å². The van der Waals surface area contributed by atoms with E-state index in [4.69, 9.17) is 10.5 Å². The van der Waals surface area contributed by atoms with E-state index < -0.39 is 0 Å². The van der Waals surface area contributed by atoms with Crippen molar-refractivity contribution in [2.24, 2.45) is 5.73 Å². The van der Waals surface area contributed by atoms with Crippen LogP contribution in [-0.2, 0) is 0 Å². The lowest BCUT2D eigenvalue weighted by atomic mass is 10.1. The Labute approximate surface area is 152 Å². The first-order valence-electron chi connectivity index (χ1n) is 8.50. The van der Waals surface area contributed by atoms with E-state index in [1.807, 2.05) is 37.5 Å². The predicted molar refractivity (Wildman–Crippen MR) is 103 cm³/mol. The minimum Gasteiger partial charge on any atom is -0.481 e. The number of hydrogen-bond acceptors (Lipinski definition) is 4. The summed E-state index contributed by atoms with van der Waals surface area (Å²) < 4.78 is 7.47. The molecule has 0 aliphatic heterocycles. The molecule has 4 aromatic rings. The van der Waals surface area contributed by atoms with E-state index >= 15 is 0 Å². The molecule has 5 nitrogen and oxygen atoms in total. The molecule has 5 heteroatoms. The smallest absolute Gasteiger partial charge is 0.221 e. The molecule has 0 aliphatic rings. The lowest BCUT2D eigenvalue weighted by molar-refractivity contribution is 0.399. The Morgan fingerprint density at radius 3 is 2.73 bits per heavy atom. The summed E-state index contributed by atoms with van der Waals surface area (Å²) in [6.07, 6.45) is 3.57. The van der Waals surface area contributed by atoms with Gasteiger partial charge in [-0.2, -0.15) is 0 Å². The fourth-order valence-corrected chi connectivity index (χ4v) is 3.12. The first-order valence-corrected chi connectivity index (χ1v) is 8.50. The Balaban J connectivity index is 1.81. The zero-order valence-electron chi connectivity index (χ0n) is 14.8. The highest BCUT2D eigenvalue weighted by molar-refractivity contribution is 5.79. The van der Waals surface area contributed by atoms with Gasteiger partial charge in [-0.1, -0.05) is 18.2 Å². The fourth-order valence-electron chi connectivity index (χ4n) is 3.12. The molecule has 2 heterocycles. The largest absolute Gasteiger partial charge is 0.481 e. The van der Waals surface area contributed by atoms with Gasteiger partial charge in [0, 0.05) is 23.5 Å². The monoisotopic (exact) mass is 344 g/mol. The maximum absolute atomic E-state index is 5.98. The average molecular weight is 344 g/mol. The van der Waals surface area contributed by atoms with Crippen molar-refractivity contribution in [2.45, 2.75) is 13.0 Å². The Morgan fingerprint density at radius 1 is 1.04 bits per heavy atom. The maximum Gasteiger partial charge on any atom is 0.221 e. The molecule has 0 saturated carbocycles. The molecule has 0 aliphatic carbocycles. The predicted octanol–water partition coefficient (Wildman–Crippen LogP) is 4.12. The maximum atomic E-state index is 5.98. The molecule has 4 rings (SSSR count). The van der Waals surface area contributed by atoms with E-state index in [0.29, 0.717) is 5.88 Å². The molecule has 2 aromatic carbocycles. The fraction of sp³-hybridized carbons (Fsp3) is 0.143. The third-order valence-corrected chi connectivity index (χ3v) is 4.50. The zero-order valence-corrected chi connectivity index (χ0v) is 14.8. The number of fused-ring (bicyclic) bond motifs is 1. The van der Waals surface area contributed by atoms with E-state index in [2.05, 4.69) is 44.9 Å². The van der Waals surface area contributed by atoms with E-state index in [1.54, 1.807) is 13.3 Å². The zero-order chi connectivity index (χ0) is 18.1. The standard InChI is InChI=1S/C21H20N4O/c1-14(22)15-8-9-20-19(12-15)24-13-25(20)17-6-3-5-16(11-17)18-7-4-10-23-21(18)26-2/h3-14H,22H2,1-2H3/t14-/m0/s1. The average Bonchev–Trinajstić information content (AvgIpc) is 3.11. The van der Waals surface area contributed by atoms with Gasteiger partial charge in [0.1, 0.15) is 6.33 Å². The Hall–Kier alpha value is -3.18. The molecule has 0 saturated heterocycles. The lowest BCUT2D eigenvalue weighted by Crippen LogP contribution is -2.04. The molecule has 0 radical (unpaired) electrons. The van der Waals surface area contributed by atoms with Crippen molar-refractivity contribution >= 4 is 11.0 Å². The number of hydrogen-bond donors (Lipinski definition) is 1.